The van der Waals surface area contributed by atoms with Crippen molar-refractivity contribution in [2.24, 2.45) is 0 Å². The number of benzene rings is 1. The quantitative estimate of drug-likeness (QED) is 0.274. The van der Waals surface area contributed by atoms with Gasteiger partial charge in [0.25, 0.3) is 5.56 Å². The number of likely N-dealkylation sites (tertiary alicyclic amines) is 1. The first-order chi connectivity index (χ1) is 20.0. The Labute approximate surface area is 240 Å². The standard InChI is InChI=1S/C27H29FN8O5S/c1-16(2)36-24-21(12-30-26(33-24)31-20-10-19(28)13-35(14-20)27(38)39)32-23(25(36)37)18-8-9-22(29-11-18)34-42(40,41)15-17-6-4-3-5-7-17/h3-9,11-12,16,19-20H,10,13-15H2,1-2H3,(H,29,34)(H,38,39)(H,30,31,33)/t19-,20-/m0/s1. The van der Waals surface area contributed by atoms with Crippen molar-refractivity contribution in [1.82, 2.24) is 29.4 Å². The molecule has 42 heavy (non-hydrogen) atoms. The second kappa shape index (κ2) is 11.7. The Kier molecular flexibility index (Phi) is 8.02. The molecule has 15 heteroatoms. The molecular weight excluding hydrogens is 567 g/mol. The molecule has 1 aliphatic heterocycles. The molecular formula is C27H29FN8O5S. The highest BCUT2D eigenvalue weighted by Crippen LogP contribution is 2.22. The number of nitrogens with one attached hydrogen (secondary N) is 2. The summed E-state index contributed by atoms with van der Waals surface area (Å²) in [7, 11) is -3.71. The number of hydrogen-bond acceptors (Lipinski definition) is 9. The summed E-state index contributed by atoms with van der Waals surface area (Å²) in [5.41, 5.74) is 1.20. The van der Waals surface area contributed by atoms with E-state index in [4.69, 9.17) is 0 Å². The highest BCUT2D eigenvalue weighted by Gasteiger charge is 2.30. The van der Waals surface area contributed by atoms with Crippen LogP contribution in [0.2, 0.25) is 0 Å². The molecule has 0 saturated carbocycles. The van der Waals surface area contributed by atoms with Crippen molar-refractivity contribution in [2.45, 2.75) is 44.3 Å². The van der Waals surface area contributed by atoms with Gasteiger partial charge in [0, 0.05) is 36.8 Å². The fourth-order valence-corrected chi connectivity index (χ4v) is 5.94. The maximum absolute atomic E-state index is 14.1. The van der Waals surface area contributed by atoms with Crippen molar-refractivity contribution in [1.29, 1.82) is 0 Å². The minimum atomic E-state index is -3.71. The first-order valence-electron chi connectivity index (χ1n) is 13.2. The molecule has 4 aromatic rings. The van der Waals surface area contributed by atoms with Crippen LogP contribution in [0.5, 0.6) is 0 Å². The number of carbonyl (C=O) groups is 1. The molecule has 13 nitrogen and oxygen atoms in total. The second-order valence-electron chi connectivity index (χ2n) is 10.3. The van der Waals surface area contributed by atoms with Gasteiger partial charge in [-0.3, -0.25) is 14.1 Å². The number of sulfonamides is 1. The lowest BCUT2D eigenvalue weighted by Gasteiger charge is -2.33. The summed E-state index contributed by atoms with van der Waals surface area (Å²) in [6, 6.07) is 10.9. The normalized spacial score (nSPS) is 17.4. The van der Waals surface area contributed by atoms with E-state index in [-0.39, 0.29) is 54.4 Å². The van der Waals surface area contributed by atoms with E-state index in [1.54, 1.807) is 36.4 Å². The highest BCUT2D eigenvalue weighted by atomic mass is 32.2. The molecule has 0 bridgehead atoms. The average molecular weight is 597 g/mol. The summed E-state index contributed by atoms with van der Waals surface area (Å²) in [6.45, 7) is 3.49. The second-order valence-corrected chi connectivity index (χ2v) is 12.0. The van der Waals surface area contributed by atoms with Crippen LogP contribution in [0.3, 0.4) is 0 Å². The van der Waals surface area contributed by atoms with E-state index in [2.05, 4.69) is 30.0 Å². The SMILES string of the molecule is CC(C)n1c(=O)c(-c2ccc(NS(=O)(=O)Cc3ccccc3)nc2)nc2cnc(N[C@H]3C[C@H](F)CN(C(=O)O)C3)nc21. The van der Waals surface area contributed by atoms with Gasteiger partial charge in [0.1, 0.15) is 23.2 Å². The van der Waals surface area contributed by atoms with Crippen molar-refractivity contribution in [3.8, 4) is 11.3 Å². The van der Waals surface area contributed by atoms with E-state index in [0.717, 1.165) is 4.90 Å². The third-order valence-corrected chi connectivity index (χ3v) is 7.88. The number of nitrogens with zero attached hydrogens (tertiary/aromatic N) is 6. The van der Waals surface area contributed by atoms with Gasteiger partial charge in [-0.2, -0.15) is 4.98 Å². The van der Waals surface area contributed by atoms with Gasteiger partial charge in [0.2, 0.25) is 16.0 Å². The molecule has 1 amide bonds. The topological polar surface area (TPSA) is 172 Å². The predicted octanol–water partition coefficient (Wildman–Crippen LogP) is 3.27. The van der Waals surface area contributed by atoms with Crippen LogP contribution < -0.4 is 15.6 Å². The van der Waals surface area contributed by atoms with E-state index < -0.39 is 33.9 Å². The van der Waals surface area contributed by atoms with Crippen molar-refractivity contribution < 1.29 is 22.7 Å². The lowest BCUT2D eigenvalue weighted by molar-refractivity contribution is 0.102. The van der Waals surface area contributed by atoms with Crippen LogP contribution in [0.1, 0.15) is 31.9 Å². The molecule has 3 N–H and O–H groups in total. The maximum atomic E-state index is 14.1. The number of hydrogen-bond donors (Lipinski definition) is 3. The number of alkyl halides is 1. The molecule has 1 fully saturated rings. The van der Waals surface area contributed by atoms with Gasteiger partial charge in [-0.1, -0.05) is 30.3 Å². The Morgan fingerprint density at radius 1 is 1.10 bits per heavy atom. The Morgan fingerprint density at radius 3 is 2.52 bits per heavy atom. The van der Waals surface area contributed by atoms with Gasteiger partial charge in [-0.15, -0.1) is 0 Å². The summed E-state index contributed by atoms with van der Waals surface area (Å²) in [6.07, 6.45) is 0.342. The van der Waals surface area contributed by atoms with Crippen molar-refractivity contribution in [3.05, 3.63) is 70.8 Å². The molecule has 4 heterocycles. The van der Waals surface area contributed by atoms with Crippen LogP contribution in [0.15, 0.2) is 59.7 Å². The summed E-state index contributed by atoms with van der Waals surface area (Å²) >= 11 is 0. The Hall–Kier alpha value is -4.66. The van der Waals surface area contributed by atoms with Gasteiger partial charge in [-0.05, 0) is 31.5 Å². The van der Waals surface area contributed by atoms with E-state index in [1.807, 2.05) is 13.8 Å². The lowest BCUT2D eigenvalue weighted by Crippen LogP contribution is -2.49. The van der Waals surface area contributed by atoms with Crippen LogP contribution in [-0.2, 0) is 15.8 Å². The third-order valence-electron chi connectivity index (χ3n) is 6.65. The number of halogens is 1. The first kappa shape index (κ1) is 28.9. The number of anilines is 2. The highest BCUT2D eigenvalue weighted by molar-refractivity contribution is 7.91. The molecule has 5 rings (SSSR count). The van der Waals surface area contributed by atoms with Gasteiger partial charge in [-0.25, -0.2) is 32.6 Å². The Bertz CT molecular complexity index is 1770. The number of aromatic nitrogens is 5. The summed E-state index contributed by atoms with van der Waals surface area (Å²) in [5, 5.41) is 12.3. The molecule has 220 valence electrons. The zero-order chi connectivity index (χ0) is 30.0. The molecule has 0 unspecified atom stereocenters. The van der Waals surface area contributed by atoms with Crippen molar-refractivity contribution >= 4 is 39.0 Å². The van der Waals surface area contributed by atoms with Crippen molar-refractivity contribution in [3.63, 3.8) is 0 Å². The number of fused-ring (bicyclic) bond motifs is 1. The van der Waals surface area contributed by atoms with Crippen LogP contribution in [0, 0.1) is 0 Å². The summed E-state index contributed by atoms with van der Waals surface area (Å²) in [5.74, 6) is -0.00527. The van der Waals surface area contributed by atoms with Gasteiger partial charge in [0.05, 0.1) is 18.5 Å². The number of carboxylic acid groups (broad SMARTS) is 1. The monoisotopic (exact) mass is 596 g/mol. The lowest BCUT2D eigenvalue weighted by atomic mass is 10.0. The smallest absolute Gasteiger partial charge is 0.407 e. The molecule has 2 atom stereocenters. The van der Waals surface area contributed by atoms with Crippen LogP contribution >= 0.6 is 0 Å². The van der Waals surface area contributed by atoms with Gasteiger partial charge >= 0.3 is 6.09 Å². The van der Waals surface area contributed by atoms with E-state index in [0.29, 0.717) is 16.6 Å². The summed E-state index contributed by atoms with van der Waals surface area (Å²) < 4.78 is 43.2. The third kappa shape index (κ3) is 6.46. The molecule has 0 radical (unpaired) electrons. The number of rotatable bonds is 8. The van der Waals surface area contributed by atoms with Gasteiger partial charge < -0.3 is 15.3 Å². The molecule has 1 aromatic carbocycles. The minimum Gasteiger partial charge on any atom is -0.465 e. The van der Waals surface area contributed by atoms with E-state index in [1.165, 1.54) is 23.0 Å². The zero-order valence-corrected chi connectivity index (χ0v) is 23.6. The van der Waals surface area contributed by atoms with Gasteiger partial charge in [0.15, 0.2) is 5.65 Å². The zero-order valence-electron chi connectivity index (χ0n) is 22.8. The Morgan fingerprint density at radius 2 is 1.86 bits per heavy atom. The van der Waals surface area contributed by atoms with Crippen molar-refractivity contribution in [2.75, 3.05) is 23.1 Å². The average Bonchev–Trinajstić information content (AvgIpc) is 2.92. The molecule has 0 spiro atoms. The van der Waals surface area contributed by atoms with Crippen LogP contribution in [-0.4, -0.2) is 74.3 Å². The maximum Gasteiger partial charge on any atom is 0.407 e. The minimum absolute atomic E-state index is 0.0662. The molecule has 1 saturated heterocycles. The van der Waals surface area contributed by atoms with Crippen LogP contribution in [0.4, 0.5) is 21.0 Å². The number of piperidine rings is 1. The largest absolute Gasteiger partial charge is 0.465 e. The molecule has 0 aliphatic carbocycles. The first-order valence-corrected chi connectivity index (χ1v) is 14.8. The number of amides is 1. The number of pyridine rings is 1. The van der Waals surface area contributed by atoms with E-state index in [9.17, 15) is 27.5 Å². The predicted molar refractivity (Wildman–Crippen MR) is 154 cm³/mol. The Balaban J connectivity index is 1.41. The fourth-order valence-electron chi connectivity index (χ4n) is 4.80. The molecule has 3 aromatic heterocycles. The van der Waals surface area contributed by atoms with E-state index >= 15 is 0 Å². The molecule has 1 aliphatic rings. The van der Waals surface area contributed by atoms with Crippen LogP contribution in [0.25, 0.3) is 22.4 Å². The summed E-state index contributed by atoms with van der Waals surface area (Å²) in [4.78, 5) is 43.3. The fraction of sp³-hybridized carbons (Fsp3) is 0.333.